The molecule has 3 heteroatoms. The van der Waals surface area contributed by atoms with E-state index in [1.807, 2.05) is 19.1 Å². The summed E-state index contributed by atoms with van der Waals surface area (Å²) in [6.45, 7) is 4.58. The summed E-state index contributed by atoms with van der Waals surface area (Å²) in [5, 5.41) is 0. The summed E-state index contributed by atoms with van der Waals surface area (Å²) in [6.07, 6.45) is 1.48. The van der Waals surface area contributed by atoms with Crippen LogP contribution < -0.4 is 5.73 Å². The molecular weight excluding hydrogens is 212 g/mol. The van der Waals surface area contributed by atoms with Crippen LogP contribution >= 0.6 is 0 Å². The van der Waals surface area contributed by atoms with Crippen molar-refractivity contribution < 1.29 is 4.79 Å². The van der Waals surface area contributed by atoms with E-state index in [1.165, 1.54) is 5.56 Å². The zero-order chi connectivity index (χ0) is 12.8. The highest BCUT2D eigenvalue weighted by molar-refractivity contribution is 5.78. The maximum absolute atomic E-state index is 11.9. The van der Waals surface area contributed by atoms with Crippen LogP contribution in [-0.2, 0) is 17.6 Å². The number of hydrogen-bond donors (Lipinski definition) is 1. The second-order valence-electron chi connectivity index (χ2n) is 4.44. The van der Waals surface area contributed by atoms with Crippen LogP contribution in [0.25, 0.3) is 0 Å². The fourth-order valence-corrected chi connectivity index (χ4v) is 1.60. The molecule has 0 saturated heterocycles. The standard InChI is InChI=1S/C14H22N2O/c1-4-12-5-7-13(8-6-12)9-14(17)16(3)11(2)10-15/h5-8,11H,4,9-10,15H2,1-3H3. The molecule has 0 bridgehead atoms. The third-order valence-corrected chi connectivity index (χ3v) is 3.18. The zero-order valence-corrected chi connectivity index (χ0v) is 10.9. The quantitative estimate of drug-likeness (QED) is 0.841. The number of nitrogens with two attached hydrogens (primary N) is 1. The van der Waals surface area contributed by atoms with E-state index in [2.05, 4.69) is 19.1 Å². The van der Waals surface area contributed by atoms with Crippen molar-refractivity contribution in [1.29, 1.82) is 0 Å². The molecule has 2 N–H and O–H groups in total. The minimum absolute atomic E-state index is 0.0948. The number of rotatable bonds is 5. The van der Waals surface area contributed by atoms with Crippen molar-refractivity contribution in [3.05, 3.63) is 35.4 Å². The van der Waals surface area contributed by atoms with Crippen LogP contribution in [0.3, 0.4) is 0 Å². The molecule has 1 amide bonds. The van der Waals surface area contributed by atoms with Crippen molar-refractivity contribution in [2.75, 3.05) is 13.6 Å². The van der Waals surface area contributed by atoms with Gasteiger partial charge in [-0.05, 0) is 24.5 Å². The molecule has 1 aromatic rings. The smallest absolute Gasteiger partial charge is 0.227 e. The number of carbonyl (C=O) groups excluding carboxylic acids is 1. The van der Waals surface area contributed by atoms with Crippen molar-refractivity contribution in [2.24, 2.45) is 5.73 Å². The fourth-order valence-electron chi connectivity index (χ4n) is 1.60. The number of hydrogen-bond acceptors (Lipinski definition) is 2. The van der Waals surface area contributed by atoms with E-state index in [4.69, 9.17) is 5.73 Å². The summed E-state index contributed by atoms with van der Waals surface area (Å²) in [7, 11) is 1.81. The topological polar surface area (TPSA) is 46.3 Å². The highest BCUT2D eigenvalue weighted by Gasteiger charge is 2.14. The van der Waals surface area contributed by atoms with Gasteiger partial charge in [0.05, 0.1) is 6.42 Å². The van der Waals surface area contributed by atoms with Crippen LogP contribution in [0.5, 0.6) is 0 Å². The van der Waals surface area contributed by atoms with Gasteiger partial charge in [0.15, 0.2) is 0 Å². The van der Waals surface area contributed by atoms with Gasteiger partial charge in [-0.2, -0.15) is 0 Å². The van der Waals surface area contributed by atoms with Crippen molar-refractivity contribution in [2.45, 2.75) is 32.7 Å². The van der Waals surface area contributed by atoms with Crippen LogP contribution in [0.15, 0.2) is 24.3 Å². The average molecular weight is 234 g/mol. The SMILES string of the molecule is CCc1ccc(CC(=O)N(C)C(C)CN)cc1. The molecule has 0 radical (unpaired) electrons. The Morgan fingerprint density at radius 2 is 1.82 bits per heavy atom. The van der Waals surface area contributed by atoms with Gasteiger partial charge in [-0.3, -0.25) is 4.79 Å². The molecule has 3 nitrogen and oxygen atoms in total. The van der Waals surface area contributed by atoms with Crippen LogP contribution in [-0.4, -0.2) is 30.4 Å². The van der Waals surface area contributed by atoms with E-state index < -0.39 is 0 Å². The second-order valence-corrected chi connectivity index (χ2v) is 4.44. The van der Waals surface area contributed by atoms with Crippen LogP contribution in [0.4, 0.5) is 0 Å². The van der Waals surface area contributed by atoms with Gasteiger partial charge in [-0.1, -0.05) is 31.2 Å². The first-order valence-corrected chi connectivity index (χ1v) is 6.12. The Hall–Kier alpha value is -1.35. The van der Waals surface area contributed by atoms with E-state index in [0.717, 1.165) is 12.0 Å². The summed E-state index contributed by atoms with van der Waals surface area (Å²) >= 11 is 0. The zero-order valence-electron chi connectivity index (χ0n) is 10.9. The van der Waals surface area contributed by atoms with Crippen LogP contribution in [0.2, 0.25) is 0 Å². The summed E-state index contributed by atoms with van der Waals surface area (Å²) in [6, 6.07) is 8.30. The lowest BCUT2D eigenvalue weighted by molar-refractivity contribution is -0.130. The molecule has 0 heterocycles. The summed E-state index contributed by atoms with van der Waals surface area (Å²) < 4.78 is 0. The Bertz CT molecular complexity index is 359. The largest absolute Gasteiger partial charge is 0.341 e. The second kappa shape index (κ2) is 6.40. The maximum atomic E-state index is 11.9. The van der Waals surface area contributed by atoms with Crippen molar-refractivity contribution in [3.63, 3.8) is 0 Å². The first-order chi connectivity index (χ1) is 8.08. The van der Waals surface area contributed by atoms with Crippen molar-refractivity contribution in [1.82, 2.24) is 4.90 Å². The number of likely N-dealkylation sites (N-methyl/N-ethyl adjacent to an activating group) is 1. The molecule has 0 aliphatic rings. The molecule has 0 spiro atoms. The monoisotopic (exact) mass is 234 g/mol. The van der Waals surface area contributed by atoms with Gasteiger partial charge in [-0.25, -0.2) is 0 Å². The molecule has 0 aliphatic heterocycles. The number of nitrogens with zero attached hydrogens (tertiary/aromatic N) is 1. The third-order valence-electron chi connectivity index (χ3n) is 3.18. The Morgan fingerprint density at radius 1 is 1.29 bits per heavy atom. The predicted molar refractivity (Wildman–Crippen MR) is 70.8 cm³/mol. The van der Waals surface area contributed by atoms with Gasteiger partial charge in [0.25, 0.3) is 0 Å². The summed E-state index contributed by atoms with van der Waals surface area (Å²) in [4.78, 5) is 13.7. The molecule has 1 rings (SSSR count). The molecule has 1 unspecified atom stereocenters. The van der Waals surface area contributed by atoms with Gasteiger partial charge in [0.1, 0.15) is 0 Å². The van der Waals surface area contributed by atoms with E-state index >= 15 is 0 Å². The lowest BCUT2D eigenvalue weighted by atomic mass is 10.1. The normalized spacial score (nSPS) is 12.2. The van der Waals surface area contributed by atoms with E-state index in [-0.39, 0.29) is 11.9 Å². The Labute approximate surface area is 104 Å². The van der Waals surface area contributed by atoms with Gasteiger partial charge < -0.3 is 10.6 Å². The Morgan fingerprint density at radius 3 is 2.29 bits per heavy atom. The predicted octanol–water partition coefficient (Wildman–Crippen LogP) is 1.60. The Balaban J connectivity index is 2.61. The van der Waals surface area contributed by atoms with Gasteiger partial charge in [0.2, 0.25) is 5.91 Å². The molecule has 94 valence electrons. The van der Waals surface area contributed by atoms with Crippen molar-refractivity contribution >= 4 is 5.91 Å². The minimum atomic E-state index is 0.0948. The first-order valence-electron chi connectivity index (χ1n) is 6.12. The molecule has 1 atom stereocenters. The number of carbonyl (C=O) groups is 1. The number of benzene rings is 1. The van der Waals surface area contributed by atoms with Gasteiger partial charge in [-0.15, -0.1) is 0 Å². The van der Waals surface area contributed by atoms with E-state index in [1.54, 1.807) is 11.9 Å². The van der Waals surface area contributed by atoms with Crippen molar-refractivity contribution in [3.8, 4) is 0 Å². The van der Waals surface area contributed by atoms with Crippen LogP contribution in [0.1, 0.15) is 25.0 Å². The van der Waals surface area contributed by atoms with Gasteiger partial charge in [0, 0.05) is 19.6 Å². The van der Waals surface area contributed by atoms with Gasteiger partial charge >= 0.3 is 0 Å². The highest BCUT2D eigenvalue weighted by Crippen LogP contribution is 2.07. The lowest BCUT2D eigenvalue weighted by Gasteiger charge is -2.23. The van der Waals surface area contributed by atoms with E-state index in [0.29, 0.717) is 13.0 Å². The maximum Gasteiger partial charge on any atom is 0.227 e. The third kappa shape index (κ3) is 3.86. The molecule has 0 fully saturated rings. The molecule has 0 aromatic heterocycles. The number of amides is 1. The molecule has 1 aromatic carbocycles. The minimum Gasteiger partial charge on any atom is -0.341 e. The number of aryl methyl sites for hydroxylation is 1. The van der Waals surface area contributed by atoms with Crippen LogP contribution in [0, 0.1) is 0 Å². The average Bonchev–Trinajstić information content (AvgIpc) is 2.37. The highest BCUT2D eigenvalue weighted by atomic mass is 16.2. The Kier molecular flexibility index (Phi) is 5.16. The summed E-state index contributed by atoms with van der Waals surface area (Å²) in [5.41, 5.74) is 7.90. The molecule has 0 saturated carbocycles. The molecular formula is C14H22N2O. The van der Waals surface area contributed by atoms with E-state index in [9.17, 15) is 4.79 Å². The molecule has 17 heavy (non-hydrogen) atoms. The summed E-state index contributed by atoms with van der Waals surface area (Å²) in [5.74, 6) is 0.118. The first kappa shape index (κ1) is 13.7. The lowest BCUT2D eigenvalue weighted by Crippen LogP contribution is -2.40. The fraction of sp³-hybridized carbons (Fsp3) is 0.500. The molecule has 0 aliphatic carbocycles.